The van der Waals surface area contributed by atoms with E-state index in [9.17, 15) is 0 Å². The molecule has 0 radical (unpaired) electrons. The van der Waals surface area contributed by atoms with Crippen LogP contribution in [0.25, 0.3) is 0 Å². The lowest BCUT2D eigenvalue weighted by atomic mass is 9.94. The molecule has 0 aliphatic heterocycles. The van der Waals surface area contributed by atoms with E-state index in [1.54, 1.807) is 19.5 Å². The Labute approximate surface area is 85.3 Å². The van der Waals surface area contributed by atoms with Crippen LogP contribution in [-0.2, 0) is 0 Å². The molecular formula is C11H18N2O. The van der Waals surface area contributed by atoms with Crippen LogP contribution in [-0.4, -0.2) is 12.1 Å². The molecule has 0 saturated heterocycles. The van der Waals surface area contributed by atoms with E-state index in [-0.39, 0.29) is 6.04 Å². The first-order valence-corrected chi connectivity index (χ1v) is 4.93. The highest BCUT2D eigenvalue weighted by atomic mass is 16.5. The summed E-state index contributed by atoms with van der Waals surface area (Å²) in [6, 6.07) is 1.99. The number of pyridine rings is 1. The van der Waals surface area contributed by atoms with Gasteiger partial charge in [0.1, 0.15) is 5.75 Å². The monoisotopic (exact) mass is 194 g/mol. The van der Waals surface area contributed by atoms with Gasteiger partial charge in [0.05, 0.1) is 13.3 Å². The van der Waals surface area contributed by atoms with E-state index in [4.69, 9.17) is 10.5 Å². The first-order valence-electron chi connectivity index (χ1n) is 4.93. The third kappa shape index (κ3) is 2.45. The Morgan fingerprint density at radius 1 is 1.50 bits per heavy atom. The second-order valence-corrected chi connectivity index (χ2v) is 3.57. The van der Waals surface area contributed by atoms with Crippen molar-refractivity contribution >= 4 is 0 Å². The summed E-state index contributed by atoms with van der Waals surface area (Å²) in [7, 11) is 1.63. The van der Waals surface area contributed by atoms with Gasteiger partial charge in [-0.1, -0.05) is 20.3 Å². The number of nitrogens with zero attached hydrogens (tertiary/aromatic N) is 1. The molecular weight excluding hydrogens is 176 g/mol. The number of methoxy groups -OCH3 is 1. The van der Waals surface area contributed by atoms with E-state index in [0.717, 1.165) is 17.7 Å². The number of hydrogen-bond acceptors (Lipinski definition) is 3. The summed E-state index contributed by atoms with van der Waals surface area (Å²) in [6.45, 7) is 4.28. The summed E-state index contributed by atoms with van der Waals surface area (Å²) >= 11 is 0. The number of rotatable bonds is 4. The third-order valence-electron chi connectivity index (χ3n) is 2.61. The molecule has 0 saturated carbocycles. The largest absolute Gasteiger partial charge is 0.495 e. The van der Waals surface area contributed by atoms with Crippen LogP contribution >= 0.6 is 0 Å². The second-order valence-electron chi connectivity index (χ2n) is 3.57. The molecule has 0 aliphatic rings. The average molecular weight is 194 g/mol. The van der Waals surface area contributed by atoms with Gasteiger partial charge >= 0.3 is 0 Å². The molecule has 2 atom stereocenters. The van der Waals surface area contributed by atoms with Crippen LogP contribution in [0, 0.1) is 5.92 Å². The summed E-state index contributed by atoms with van der Waals surface area (Å²) in [5.74, 6) is 1.23. The van der Waals surface area contributed by atoms with Gasteiger partial charge in [0.25, 0.3) is 0 Å². The van der Waals surface area contributed by atoms with Crippen molar-refractivity contribution in [1.82, 2.24) is 4.98 Å². The van der Waals surface area contributed by atoms with E-state index in [0.29, 0.717) is 5.92 Å². The SMILES string of the molecule is CCC(C)C(N)c1cncc(OC)c1. The molecule has 1 aromatic heterocycles. The lowest BCUT2D eigenvalue weighted by molar-refractivity contribution is 0.408. The highest BCUT2D eigenvalue weighted by Gasteiger charge is 2.13. The summed E-state index contributed by atoms with van der Waals surface area (Å²) in [5.41, 5.74) is 7.12. The standard InChI is InChI=1S/C11H18N2O/c1-4-8(2)11(12)9-5-10(14-3)7-13-6-9/h5-8,11H,4,12H2,1-3H3. The predicted octanol–water partition coefficient (Wildman–Crippen LogP) is 2.14. The van der Waals surface area contributed by atoms with Crippen molar-refractivity contribution in [2.24, 2.45) is 11.7 Å². The van der Waals surface area contributed by atoms with Crippen LogP contribution < -0.4 is 10.5 Å². The zero-order chi connectivity index (χ0) is 10.6. The van der Waals surface area contributed by atoms with Crippen LogP contribution in [0.2, 0.25) is 0 Å². The minimum Gasteiger partial charge on any atom is -0.495 e. The molecule has 0 spiro atoms. The molecule has 3 nitrogen and oxygen atoms in total. The summed E-state index contributed by atoms with van der Waals surface area (Å²) in [4.78, 5) is 4.09. The van der Waals surface area contributed by atoms with E-state index in [1.807, 2.05) is 6.07 Å². The maximum absolute atomic E-state index is 6.08. The van der Waals surface area contributed by atoms with Crippen molar-refractivity contribution in [3.05, 3.63) is 24.0 Å². The Bertz CT molecular complexity index is 288. The highest BCUT2D eigenvalue weighted by Crippen LogP contribution is 2.23. The maximum atomic E-state index is 6.08. The van der Waals surface area contributed by atoms with Gasteiger partial charge in [0, 0.05) is 12.2 Å². The number of ether oxygens (including phenoxy) is 1. The summed E-state index contributed by atoms with van der Waals surface area (Å²) in [6.07, 6.45) is 4.56. The molecule has 0 aliphatic carbocycles. The molecule has 3 heteroatoms. The van der Waals surface area contributed by atoms with Gasteiger partial charge in [-0.2, -0.15) is 0 Å². The van der Waals surface area contributed by atoms with Crippen molar-refractivity contribution in [1.29, 1.82) is 0 Å². The number of aromatic nitrogens is 1. The predicted molar refractivity (Wildman–Crippen MR) is 57.2 cm³/mol. The summed E-state index contributed by atoms with van der Waals surface area (Å²) < 4.78 is 5.10. The molecule has 0 amide bonds. The molecule has 0 bridgehead atoms. The minimum atomic E-state index is 0.0441. The van der Waals surface area contributed by atoms with Crippen molar-refractivity contribution in [2.45, 2.75) is 26.3 Å². The van der Waals surface area contributed by atoms with E-state index in [2.05, 4.69) is 18.8 Å². The van der Waals surface area contributed by atoms with E-state index in [1.165, 1.54) is 0 Å². The second kappa shape index (κ2) is 4.96. The van der Waals surface area contributed by atoms with E-state index < -0.39 is 0 Å². The van der Waals surface area contributed by atoms with Gasteiger partial charge in [-0.05, 0) is 17.5 Å². The van der Waals surface area contributed by atoms with Crippen LogP contribution in [0.15, 0.2) is 18.5 Å². The topological polar surface area (TPSA) is 48.1 Å². The Morgan fingerprint density at radius 3 is 2.79 bits per heavy atom. The van der Waals surface area contributed by atoms with Crippen LogP contribution in [0.4, 0.5) is 0 Å². The first-order chi connectivity index (χ1) is 6.69. The molecule has 0 aromatic carbocycles. The molecule has 0 fully saturated rings. The van der Waals surface area contributed by atoms with Crippen molar-refractivity contribution in [3.63, 3.8) is 0 Å². The van der Waals surface area contributed by atoms with E-state index >= 15 is 0 Å². The van der Waals surface area contributed by atoms with Gasteiger partial charge in [0.15, 0.2) is 0 Å². The fraction of sp³-hybridized carbons (Fsp3) is 0.545. The van der Waals surface area contributed by atoms with Gasteiger partial charge in [-0.3, -0.25) is 4.98 Å². The van der Waals surface area contributed by atoms with Crippen molar-refractivity contribution in [2.75, 3.05) is 7.11 Å². The van der Waals surface area contributed by atoms with Gasteiger partial charge in [-0.15, -0.1) is 0 Å². The Hall–Kier alpha value is -1.09. The lowest BCUT2D eigenvalue weighted by Crippen LogP contribution is -2.18. The first kappa shape index (κ1) is 11.0. The lowest BCUT2D eigenvalue weighted by Gasteiger charge is -2.18. The van der Waals surface area contributed by atoms with Crippen LogP contribution in [0.5, 0.6) is 5.75 Å². The highest BCUT2D eigenvalue weighted by molar-refractivity contribution is 5.25. The zero-order valence-corrected chi connectivity index (χ0v) is 9.03. The molecule has 78 valence electrons. The zero-order valence-electron chi connectivity index (χ0n) is 9.03. The third-order valence-corrected chi connectivity index (χ3v) is 2.61. The van der Waals surface area contributed by atoms with Crippen molar-refractivity contribution in [3.8, 4) is 5.75 Å². The summed E-state index contributed by atoms with van der Waals surface area (Å²) in [5, 5.41) is 0. The normalized spacial score (nSPS) is 14.9. The molecule has 1 heterocycles. The fourth-order valence-electron chi connectivity index (χ4n) is 1.31. The number of nitrogens with two attached hydrogens (primary N) is 1. The van der Waals surface area contributed by atoms with Crippen molar-refractivity contribution < 1.29 is 4.74 Å². The quantitative estimate of drug-likeness (QED) is 0.798. The molecule has 1 rings (SSSR count). The van der Waals surface area contributed by atoms with Crippen LogP contribution in [0.3, 0.4) is 0 Å². The molecule has 1 aromatic rings. The molecule has 2 unspecified atom stereocenters. The Kier molecular flexibility index (Phi) is 3.89. The average Bonchev–Trinajstić information content (AvgIpc) is 2.27. The minimum absolute atomic E-state index is 0.0441. The fourth-order valence-corrected chi connectivity index (χ4v) is 1.31. The maximum Gasteiger partial charge on any atom is 0.137 e. The van der Waals surface area contributed by atoms with Crippen LogP contribution in [0.1, 0.15) is 31.9 Å². The smallest absolute Gasteiger partial charge is 0.137 e. The Morgan fingerprint density at radius 2 is 2.21 bits per heavy atom. The van der Waals surface area contributed by atoms with Gasteiger partial charge in [0.2, 0.25) is 0 Å². The van der Waals surface area contributed by atoms with Gasteiger partial charge < -0.3 is 10.5 Å². The molecule has 2 N–H and O–H groups in total. The molecule has 14 heavy (non-hydrogen) atoms. The number of hydrogen-bond donors (Lipinski definition) is 1. The van der Waals surface area contributed by atoms with Gasteiger partial charge in [-0.25, -0.2) is 0 Å². The Balaban J connectivity index is 2.83.